The minimum Gasteiger partial charge on any atom is -0.383 e. The lowest BCUT2D eigenvalue weighted by atomic mass is 9.98. The molecule has 0 spiro atoms. The number of anilines is 1. The molecule has 1 saturated heterocycles. The minimum absolute atomic E-state index is 0.0464. The summed E-state index contributed by atoms with van der Waals surface area (Å²) in [5.74, 6) is 0.118. The van der Waals surface area contributed by atoms with E-state index in [-0.39, 0.29) is 17.6 Å². The lowest BCUT2D eigenvalue weighted by molar-refractivity contribution is -0.130. The van der Waals surface area contributed by atoms with Crippen molar-refractivity contribution in [2.45, 2.75) is 26.3 Å². The molecule has 8 heteroatoms. The quantitative estimate of drug-likeness (QED) is 0.535. The predicted molar refractivity (Wildman–Crippen MR) is 127 cm³/mol. The Morgan fingerprint density at radius 2 is 1.97 bits per heavy atom. The summed E-state index contributed by atoms with van der Waals surface area (Å²) in [5, 5.41) is 4.33. The molecular formula is C25H30N6O2. The molecule has 2 N–H and O–H groups in total. The van der Waals surface area contributed by atoms with E-state index in [2.05, 4.69) is 15.0 Å². The van der Waals surface area contributed by atoms with Crippen molar-refractivity contribution in [2.24, 2.45) is 5.92 Å². The summed E-state index contributed by atoms with van der Waals surface area (Å²) < 4.78 is 1.59. The number of aromatic nitrogens is 3. The monoisotopic (exact) mass is 446 g/mol. The summed E-state index contributed by atoms with van der Waals surface area (Å²) in [6, 6.07) is 11.7. The third-order valence-corrected chi connectivity index (χ3v) is 6.14. The number of pyridine rings is 1. The second-order valence-electron chi connectivity index (χ2n) is 8.73. The largest absolute Gasteiger partial charge is 0.383 e. The number of ketones is 1. The molecule has 1 fully saturated rings. The zero-order valence-electron chi connectivity index (χ0n) is 19.1. The van der Waals surface area contributed by atoms with Gasteiger partial charge in [-0.05, 0) is 44.2 Å². The highest BCUT2D eigenvalue weighted by Gasteiger charge is 2.33. The number of nitrogens with two attached hydrogens (primary N) is 1. The summed E-state index contributed by atoms with van der Waals surface area (Å²) in [6.07, 6.45) is 6.19. The Morgan fingerprint density at radius 3 is 2.70 bits per heavy atom. The first-order valence-electron chi connectivity index (χ1n) is 11.2. The van der Waals surface area contributed by atoms with Crippen LogP contribution in [0.3, 0.4) is 0 Å². The van der Waals surface area contributed by atoms with Gasteiger partial charge in [-0.3, -0.25) is 14.6 Å². The van der Waals surface area contributed by atoms with Crippen molar-refractivity contribution < 1.29 is 9.59 Å². The first kappa shape index (κ1) is 22.7. The molecule has 3 heterocycles. The number of aryl methyl sites for hydroxylation is 1. The number of rotatable bonds is 8. The van der Waals surface area contributed by atoms with Gasteiger partial charge < -0.3 is 15.5 Å². The fourth-order valence-corrected chi connectivity index (χ4v) is 4.19. The molecule has 1 unspecified atom stereocenters. The van der Waals surface area contributed by atoms with Crippen LogP contribution in [-0.4, -0.2) is 62.9 Å². The number of likely N-dealkylation sites (tertiary alicyclic amines) is 1. The minimum atomic E-state index is -0.250. The molecule has 1 aromatic carbocycles. The summed E-state index contributed by atoms with van der Waals surface area (Å²) in [5.41, 5.74) is 9.76. The summed E-state index contributed by atoms with van der Waals surface area (Å²) in [6.45, 7) is 4.43. The molecule has 3 aromatic rings. The van der Waals surface area contributed by atoms with Crippen molar-refractivity contribution in [3.8, 4) is 5.69 Å². The van der Waals surface area contributed by atoms with Gasteiger partial charge in [-0.15, -0.1) is 0 Å². The molecule has 1 atom stereocenters. The summed E-state index contributed by atoms with van der Waals surface area (Å²) in [7, 11) is 1.99. The normalized spacial score (nSPS) is 15.8. The zero-order valence-corrected chi connectivity index (χ0v) is 19.1. The topological polar surface area (TPSA) is 97.4 Å². The van der Waals surface area contributed by atoms with Crippen LogP contribution in [0.4, 0.5) is 5.82 Å². The lowest BCUT2D eigenvalue weighted by Crippen LogP contribution is -2.32. The van der Waals surface area contributed by atoms with Gasteiger partial charge in [0.1, 0.15) is 5.82 Å². The second kappa shape index (κ2) is 9.95. The highest BCUT2D eigenvalue weighted by molar-refractivity contribution is 6.02. The molecule has 0 aliphatic carbocycles. The van der Waals surface area contributed by atoms with Gasteiger partial charge in [-0.1, -0.05) is 23.8 Å². The molecule has 4 rings (SSSR count). The van der Waals surface area contributed by atoms with E-state index in [1.165, 1.54) is 6.20 Å². The SMILES string of the molecule is Cc1ccc(-n2ncc(C(=O)C3CCN(C(=O)CCN(C)Cc4cccnc4)C3)c2N)cc1. The average Bonchev–Trinajstić information content (AvgIpc) is 3.46. The predicted octanol–water partition coefficient (Wildman–Crippen LogP) is 2.71. The molecule has 8 nitrogen and oxygen atoms in total. The van der Waals surface area contributed by atoms with Crippen LogP contribution in [0.25, 0.3) is 5.69 Å². The van der Waals surface area contributed by atoms with Gasteiger partial charge in [0, 0.05) is 50.9 Å². The molecule has 0 saturated carbocycles. The van der Waals surface area contributed by atoms with Crippen molar-refractivity contribution in [3.05, 3.63) is 71.7 Å². The van der Waals surface area contributed by atoms with Crippen LogP contribution in [-0.2, 0) is 11.3 Å². The second-order valence-corrected chi connectivity index (χ2v) is 8.73. The number of nitrogens with zero attached hydrogens (tertiary/aromatic N) is 5. The van der Waals surface area contributed by atoms with E-state index < -0.39 is 0 Å². The third-order valence-electron chi connectivity index (χ3n) is 6.14. The van der Waals surface area contributed by atoms with E-state index in [0.29, 0.717) is 43.9 Å². The highest BCUT2D eigenvalue weighted by atomic mass is 16.2. The maximum Gasteiger partial charge on any atom is 0.223 e. The third kappa shape index (κ3) is 5.28. The van der Waals surface area contributed by atoms with E-state index in [9.17, 15) is 9.59 Å². The maximum absolute atomic E-state index is 13.1. The van der Waals surface area contributed by atoms with Crippen LogP contribution in [0.15, 0.2) is 55.0 Å². The molecule has 0 radical (unpaired) electrons. The Balaban J connectivity index is 1.31. The molecule has 2 aromatic heterocycles. The standard InChI is InChI=1S/C25H30N6O2/c1-18-5-7-21(8-6-18)31-25(26)22(15-28-31)24(33)20-9-13-30(17-20)23(32)10-12-29(2)16-19-4-3-11-27-14-19/h3-8,11,14-15,20H,9-10,12-13,16-17,26H2,1-2H3. The first-order valence-corrected chi connectivity index (χ1v) is 11.2. The Hall–Kier alpha value is -3.52. The van der Waals surface area contributed by atoms with Crippen molar-refractivity contribution in [1.29, 1.82) is 0 Å². The van der Waals surface area contributed by atoms with Crippen LogP contribution in [0.2, 0.25) is 0 Å². The number of benzene rings is 1. The van der Waals surface area contributed by atoms with Crippen LogP contribution in [0.1, 0.15) is 34.3 Å². The van der Waals surface area contributed by atoms with E-state index in [4.69, 9.17) is 5.73 Å². The van der Waals surface area contributed by atoms with Gasteiger partial charge in [-0.2, -0.15) is 5.10 Å². The van der Waals surface area contributed by atoms with Crippen LogP contribution in [0.5, 0.6) is 0 Å². The molecule has 1 aliphatic heterocycles. The Bertz CT molecular complexity index is 1110. The lowest BCUT2D eigenvalue weighted by Gasteiger charge is -2.20. The van der Waals surface area contributed by atoms with Gasteiger partial charge in [-0.25, -0.2) is 4.68 Å². The van der Waals surface area contributed by atoms with Gasteiger partial charge in [0.25, 0.3) is 0 Å². The van der Waals surface area contributed by atoms with Crippen molar-refractivity contribution >= 4 is 17.5 Å². The molecule has 1 amide bonds. The summed E-state index contributed by atoms with van der Waals surface area (Å²) in [4.78, 5) is 33.9. The van der Waals surface area contributed by atoms with E-state index >= 15 is 0 Å². The van der Waals surface area contributed by atoms with Crippen molar-refractivity contribution in [2.75, 3.05) is 32.4 Å². The molecule has 33 heavy (non-hydrogen) atoms. The number of Topliss-reactive ketones (excluding diaryl/α,β-unsaturated/α-hetero) is 1. The molecular weight excluding hydrogens is 416 g/mol. The van der Waals surface area contributed by atoms with E-state index in [0.717, 1.165) is 23.4 Å². The van der Waals surface area contributed by atoms with E-state index in [1.54, 1.807) is 15.8 Å². The number of carbonyl (C=O) groups is 2. The van der Waals surface area contributed by atoms with Gasteiger partial charge >= 0.3 is 0 Å². The summed E-state index contributed by atoms with van der Waals surface area (Å²) >= 11 is 0. The molecule has 1 aliphatic rings. The average molecular weight is 447 g/mol. The van der Waals surface area contributed by atoms with Gasteiger partial charge in [0.15, 0.2) is 5.78 Å². The van der Waals surface area contributed by atoms with Crippen LogP contribution >= 0.6 is 0 Å². The number of hydrogen-bond acceptors (Lipinski definition) is 6. The van der Waals surface area contributed by atoms with Crippen LogP contribution in [0, 0.1) is 12.8 Å². The maximum atomic E-state index is 13.1. The van der Waals surface area contributed by atoms with Crippen LogP contribution < -0.4 is 5.73 Å². The highest BCUT2D eigenvalue weighted by Crippen LogP contribution is 2.26. The van der Waals surface area contributed by atoms with Gasteiger partial charge in [0.2, 0.25) is 5.91 Å². The molecule has 0 bridgehead atoms. The first-order chi connectivity index (χ1) is 15.9. The zero-order chi connectivity index (χ0) is 23.4. The van der Waals surface area contributed by atoms with Gasteiger partial charge in [0.05, 0.1) is 17.4 Å². The fraction of sp³-hybridized carbons (Fsp3) is 0.360. The Kier molecular flexibility index (Phi) is 6.84. The Morgan fingerprint density at radius 1 is 1.18 bits per heavy atom. The number of carbonyl (C=O) groups excluding carboxylic acids is 2. The van der Waals surface area contributed by atoms with Crippen molar-refractivity contribution in [1.82, 2.24) is 24.6 Å². The smallest absolute Gasteiger partial charge is 0.223 e. The Labute approximate surface area is 194 Å². The number of nitrogen functional groups attached to an aromatic ring is 1. The van der Waals surface area contributed by atoms with E-state index in [1.807, 2.05) is 56.6 Å². The number of amides is 1. The number of hydrogen-bond donors (Lipinski definition) is 1. The fourth-order valence-electron chi connectivity index (χ4n) is 4.19. The van der Waals surface area contributed by atoms with Crippen molar-refractivity contribution in [3.63, 3.8) is 0 Å². The molecule has 172 valence electrons.